The second-order valence-electron chi connectivity index (χ2n) is 3.67. The number of nitrogen functional groups attached to an aromatic ring is 1. The fraction of sp³-hybridized carbons (Fsp3) is 0.0769. The van der Waals surface area contributed by atoms with Crippen LogP contribution in [0, 0.1) is 5.82 Å². The summed E-state index contributed by atoms with van der Waals surface area (Å²) in [5.74, 6) is -0.419. The summed E-state index contributed by atoms with van der Waals surface area (Å²) in [5, 5.41) is 0. The number of benzene rings is 1. The monoisotopic (exact) mass is 230 g/mol. The van der Waals surface area contributed by atoms with Gasteiger partial charge in [-0.2, -0.15) is 0 Å². The maximum atomic E-state index is 13.4. The number of nitrogens with zero attached hydrogens (tertiary/aromatic N) is 1. The average Bonchev–Trinajstić information content (AvgIpc) is 2.29. The number of pyridine rings is 1. The Kier molecular flexibility index (Phi) is 3.14. The highest BCUT2D eigenvalue weighted by Crippen LogP contribution is 2.12. The zero-order chi connectivity index (χ0) is 12.3. The third-order valence-electron chi connectivity index (χ3n) is 2.38. The van der Waals surface area contributed by atoms with Crippen molar-refractivity contribution in [2.24, 2.45) is 0 Å². The summed E-state index contributed by atoms with van der Waals surface area (Å²) >= 11 is 0. The molecule has 0 radical (unpaired) electrons. The van der Waals surface area contributed by atoms with Crippen molar-refractivity contribution in [2.75, 3.05) is 5.73 Å². The molecule has 0 amide bonds. The lowest BCUT2D eigenvalue weighted by Crippen LogP contribution is -2.06. The van der Waals surface area contributed by atoms with Gasteiger partial charge in [-0.05, 0) is 29.8 Å². The van der Waals surface area contributed by atoms with Gasteiger partial charge in [-0.15, -0.1) is 0 Å². The number of aromatic nitrogens is 1. The van der Waals surface area contributed by atoms with Gasteiger partial charge < -0.3 is 5.73 Å². The van der Waals surface area contributed by atoms with Crippen molar-refractivity contribution in [3.63, 3.8) is 0 Å². The van der Waals surface area contributed by atoms with Crippen molar-refractivity contribution in [3.05, 3.63) is 59.5 Å². The third kappa shape index (κ3) is 2.66. The SMILES string of the molecule is Nc1cc(CC(=O)c2ccccc2F)ccn1. The summed E-state index contributed by atoms with van der Waals surface area (Å²) in [6, 6.07) is 9.23. The van der Waals surface area contributed by atoms with E-state index >= 15 is 0 Å². The minimum absolute atomic E-state index is 0.0999. The molecule has 0 bridgehead atoms. The maximum absolute atomic E-state index is 13.4. The molecule has 0 fully saturated rings. The van der Waals surface area contributed by atoms with Crippen LogP contribution in [0.15, 0.2) is 42.6 Å². The number of nitrogens with two attached hydrogens (primary N) is 1. The summed E-state index contributed by atoms with van der Waals surface area (Å²) in [6.07, 6.45) is 1.65. The van der Waals surface area contributed by atoms with E-state index < -0.39 is 5.82 Å². The molecule has 4 heteroatoms. The van der Waals surface area contributed by atoms with E-state index in [9.17, 15) is 9.18 Å². The van der Waals surface area contributed by atoms with Gasteiger partial charge in [0, 0.05) is 12.6 Å². The average molecular weight is 230 g/mol. The van der Waals surface area contributed by atoms with E-state index in [0.29, 0.717) is 5.82 Å². The van der Waals surface area contributed by atoms with Crippen molar-refractivity contribution in [1.29, 1.82) is 0 Å². The second-order valence-corrected chi connectivity index (χ2v) is 3.67. The molecule has 0 aliphatic heterocycles. The van der Waals surface area contributed by atoms with E-state index in [1.54, 1.807) is 24.3 Å². The summed E-state index contributed by atoms with van der Waals surface area (Å²) in [7, 11) is 0. The van der Waals surface area contributed by atoms with Crippen LogP contribution in [0.2, 0.25) is 0 Å². The van der Waals surface area contributed by atoms with Crippen LogP contribution in [-0.4, -0.2) is 10.8 Å². The molecule has 1 aromatic heterocycles. The molecule has 0 aliphatic carbocycles. The Hall–Kier alpha value is -2.23. The summed E-state index contributed by atoms with van der Waals surface area (Å²) in [6.45, 7) is 0. The molecule has 2 aromatic rings. The van der Waals surface area contributed by atoms with Crippen molar-refractivity contribution < 1.29 is 9.18 Å². The first-order valence-corrected chi connectivity index (χ1v) is 5.15. The topological polar surface area (TPSA) is 56.0 Å². The van der Waals surface area contributed by atoms with Gasteiger partial charge in [0.05, 0.1) is 5.56 Å². The first-order chi connectivity index (χ1) is 8.16. The lowest BCUT2D eigenvalue weighted by atomic mass is 10.0. The number of ketones is 1. The number of hydrogen-bond donors (Lipinski definition) is 1. The van der Waals surface area contributed by atoms with Gasteiger partial charge in [-0.1, -0.05) is 12.1 Å². The minimum atomic E-state index is -0.500. The number of carbonyl (C=O) groups is 1. The summed E-state index contributed by atoms with van der Waals surface area (Å²) in [4.78, 5) is 15.7. The summed E-state index contributed by atoms with van der Waals surface area (Å²) < 4.78 is 13.4. The molecule has 0 atom stereocenters. The molecule has 2 N–H and O–H groups in total. The van der Waals surface area contributed by atoms with E-state index in [2.05, 4.69) is 4.98 Å². The first-order valence-electron chi connectivity index (χ1n) is 5.15. The van der Waals surface area contributed by atoms with E-state index in [1.807, 2.05) is 0 Å². The third-order valence-corrected chi connectivity index (χ3v) is 2.38. The van der Waals surface area contributed by atoms with Gasteiger partial charge in [0.15, 0.2) is 5.78 Å². The van der Waals surface area contributed by atoms with Crippen LogP contribution in [0.1, 0.15) is 15.9 Å². The minimum Gasteiger partial charge on any atom is -0.384 e. The Bertz CT molecular complexity index is 555. The van der Waals surface area contributed by atoms with Crippen LogP contribution in [0.25, 0.3) is 0 Å². The maximum Gasteiger partial charge on any atom is 0.170 e. The molecule has 0 saturated carbocycles. The lowest BCUT2D eigenvalue weighted by molar-refractivity contribution is 0.0989. The molecule has 2 rings (SSSR count). The molecule has 17 heavy (non-hydrogen) atoms. The van der Waals surface area contributed by atoms with E-state index in [4.69, 9.17) is 5.73 Å². The first kappa shape index (κ1) is 11.3. The van der Waals surface area contributed by atoms with Crippen LogP contribution in [-0.2, 0) is 6.42 Å². The number of carbonyl (C=O) groups excluding carboxylic acids is 1. The molecular formula is C13H11FN2O. The Morgan fingerprint density at radius 1 is 1.29 bits per heavy atom. The highest BCUT2D eigenvalue weighted by atomic mass is 19.1. The Labute approximate surface area is 98.1 Å². The zero-order valence-electron chi connectivity index (χ0n) is 9.06. The van der Waals surface area contributed by atoms with Crippen molar-refractivity contribution >= 4 is 11.6 Å². The number of hydrogen-bond acceptors (Lipinski definition) is 3. The van der Waals surface area contributed by atoms with Gasteiger partial charge in [0.2, 0.25) is 0 Å². The summed E-state index contributed by atoms with van der Waals surface area (Å²) in [5.41, 5.74) is 6.33. The van der Waals surface area contributed by atoms with Crippen LogP contribution in [0.4, 0.5) is 10.2 Å². The van der Waals surface area contributed by atoms with E-state index in [-0.39, 0.29) is 17.8 Å². The van der Waals surface area contributed by atoms with Crippen LogP contribution < -0.4 is 5.73 Å². The second kappa shape index (κ2) is 4.74. The number of Topliss-reactive ketones (excluding diaryl/α,β-unsaturated/α-hetero) is 1. The predicted molar refractivity (Wildman–Crippen MR) is 63.1 cm³/mol. The smallest absolute Gasteiger partial charge is 0.170 e. The highest BCUT2D eigenvalue weighted by molar-refractivity contribution is 5.97. The van der Waals surface area contributed by atoms with Gasteiger partial charge in [0.25, 0.3) is 0 Å². The van der Waals surface area contributed by atoms with Gasteiger partial charge in [0.1, 0.15) is 11.6 Å². The van der Waals surface area contributed by atoms with Gasteiger partial charge in [-0.25, -0.2) is 9.37 Å². The Morgan fingerprint density at radius 2 is 2.06 bits per heavy atom. The van der Waals surface area contributed by atoms with Crippen LogP contribution >= 0.6 is 0 Å². The Balaban J connectivity index is 2.20. The quantitative estimate of drug-likeness (QED) is 0.822. The molecule has 1 heterocycles. The Morgan fingerprint density at radius 3 is 2.76 bits per heavy atom. The molecule has 3 nitrogen and oxygen atoms in total. The van der Waals surface area contributed by atoms with Crippen molar-refractivity contribution in [2.45, 2.75) is 6.42 Å². The highest BCUT2D eigenvalue weighted by Gasteiger charge is 2.11. The van der Waals surface area contributed by atoms with Gasteiger partial charge >= 0.3 is 0 Å². The molecule has 1 aromatic carbocycles. The van der Waals surface area contributed by atoms with Gasteiger partial charge in [-0.3, -0.25) is 4.79 Å². The standard InChI is InChI=1S/C13H11FN2O/c14-11-4-2-1-3-10(11)12(17)7-9-5-6-16-13(15)8-9/h1-6,8H,7H2,(H2,15,16). The zero-order valence-corrected chi connectivity index (χ0v) is 9.06. The normalized spacial score (nSPS) is 10.2. The molecule has 0 aliphatic rings. The molecule has 86 valence electrons. The fourth-order valence-electron chi connectivity index (χ4n) is 1.57. The van der Waals surface area contributed by atoms with E-state index in [1.165, 1.54) is 18.3 Å². The number of anilines is 1. The predicted octanol–water partition coefficient (Wildman–Crippen LogP) is 2.23. The van der Waals surface area contributed by atoms with Crippen LogP contribution in [0.3, 0.4) is 0 Å². The number of rotatable bonds is 3. The molecule has 0 saturated heterocycles. The lowest BCUT2D eigenvalue weighted by Gasteiger charge is -2.03. The number of halogens is 1. The van der Waals surface area contributed by atoms with E-state index in [0.717, 1.165) is 5.56 Å². The van der Waals surface area contributed by atoms with Crippen LogP contribution in [0.5, 0.6) is 0 Å². The fourth-order valence-corrected chi connectivity index (χ4v) is 1.57. The van der Waals surface area contributed by atoms with Crippen molar-refractivity contribution in [3.8, 4) is 0 Å². The molecular weight excluding hydrogens is 219 g/mol. The molecule has 0 spiro atoms. The largest absolute Gasteiger partial charge is 0.384 e. The molecule has 0 unspecified atom stereocenters. The van der Waals surface area contributed by atoms with Crippen molar-refractivity contribution in [1.82, 2.24) is 4.98 Å².